The SMILES string of the molecule is CCC(C)[C@H](NC(=O)[C@H](CC1CCCCC1)NC(=O)N(C)CCN(C)C)C(=O)N[C@@H](Cc1ccc2ccccc2c1)[C@@H](O)[C@@H](O)CC(C)C. The van der Waals surface area contributed by atoms with E-state index in [1.54, 1.807) is 11.9 Å². The molecule has 2 aromatic rings. The maximum atomic E-state index is 14.1. The summed E-state index contributed by atoms with van der Waals surface area (Å²) in [5.41, 5.74) is 0.914. The summed E-state index contributed by atoms with van der Waals surface area (Å²) < 4.78 is 0. The van der Waals surface area contributed by atoms with Gasteiger partial charge in [-0.25, -0.2) is 4.79 Å². The number of hydrogen-bond donors (Lipinski definition) is 5. The third kappa shape index (κ3) is 12.9. The van der Waals surface area contributed by atoms with Crippen LogP contribution in [0.5, 0.6) is 0 Å². The van der Waals surface area contributed by atoms with Crippen LogP contribution in [0.15, 0.2) is 42.5 Å². The zero-order valence-electron chi connectivity index (χ0n) is 31.0. The van der Waals surface area contributed by atoms with Gasteiger partial charge in [0, 0.05) is 20.1 Å². The van der Waals surface area contributed by atoms with E-state index in [2.05, 4.69) is 16.0 Å². The van der Waals surface area contributed by atoms with E-state index in [0.717, 1.165) is 42.0 Å². The first-order chi connectivity index (χ1) is 23.3. The molecule has 4 amide bonds. The Hall–Kier alpha value is -3.21. The van der Waals surface area contributed by atoms with Gasteiger partial charge < -0.3 is 36.0 Å². The third-order valence-electron chi connectivity index (χ3n) is 10.0. The quantitative estimate of drug-likeness (QED) is 0.155. The van der Waals surface area contributed by atoms with Gasteiger partial charge in [-0.1, -0.05) is 109 Å². The normalized spacial score (nSPS) is 17.6. The lowest BCUT2D eigenvalue weighted by atomic mass is 9.84. The molecule has 1 aliphatic carbocycles. The Morgan fingerprint density at radius 3 is 2.16 bits per heavy atom. The van der Waals surface area contributed by atoms with Crippen molar-refractivity contribution in [2.45, 2.75) is 116 Å². The molecule has 0 heterocycles. The molecule has 0 radical (unpaired) electrons. The maximum absolute atomic E-state index is 14.1. The second-order valence-corrected chi connectivity index (χ2v) is 15.0. The molecule has 5 N–H and O–H groups in total. The van der Waals surface area contributed by atoms with Crippen LogP contribution < -0.4 is 16.0 Å². The first-order valence-corrected chi connectivity index (χ1v) is 18.4. The molecular weight excluding hydrogens is 618 g/mol. The van der Waals surface area contributed by atoms with Gasteiger partial charge >= 0.3 is 6.03 Å². The van der Waals surface area contributed by atoms with E-state index in [-0.39, 0.29) is 23.8 Å². The van der Waals surface area contributed by atoms with Crippen molar-refractivity contribution in [1.29, 1.82) is 0 Å². The van der Waals surface area contributed by atoms with Crippen LogP contribution in [0.2, 0.25) is 0 Å². The highest BCUT2D eigenvalue weighted by atomic mass is 16.3. The van der Waals surface area contributed by atoms with Crippen LogP contribution >= 0.6 is 0 Å². The Kier molecular flexibility index (Phi) is 16.3. The van der Waals surface area contributed by atoms with Gasteiger partial charge in [0.1, 0.15) is 18.2 Å². The molecule has 1 saturated carbocycles. The Morgan fingerprint density at radius 1 is 0.857 bits per heavy atom. The van der Waals surface area contributed by atoms with Crippen molar-refractivity contribution in [3.05, 3.63) is 48.0 Å². The number of likely N-dealkylation sites (N-methyl/N-ethyl adjacent to an activating group) is 2. The number of aliphatic hydroxyl groups excluding tert-OH is 2. The molecular formula is C39H63N5O5. The number of nitrogens with zero attached hydrogens (tertiary/aromatic N) is 2. The second-order valence-electron chi connectivity index (χ2n) is 15.0. The second kappa shape index (κ2) is 19.8. The monoisotopic (exact) mass is 681 g/mol. The van der Waals surface area contributed by atoms with E-state index in [4.69, 9.17) is 0 Å². The predicted molar refractivity (Wildman–Crippen MR) is 197 cm³/mol. The lowest BCUT2D eigenvalue weighted by molar-refractivity contribution is -0.132. The third-order valence-corrected chi connectivity index (χ3v) is 10.0. The highest BCUT2D eigenvalue weighted by Crippen LogP contribution is 2.28. The first-order valence-electron chi connectivity index (χ1n) is 18.4. The summed E-state index contributed by atoms with van der Waals surface area (Å²) in [4.78, 5) is 44.9. The fourth-order valence-electron chi connectivity index (χ4n) is 6.69. The van der Waals surface area contributed by atoms with E-state index >= 15 is 0 Å². The van der Waals surface area contributed by atoms with Crippen molar-refractivity contribution in [3.8, 4) is 0 Å². The smallest absolute Gasteiger partial charge is 0.317 e. The molecule has 6 atom stereocenters. The largest absolute Gasteiger partial charge is 0.390 e. The van der Waals surface area contributed by atoms with Crippen molar-refractivity contribution < 1.29 is 24.6 Å². The fourth-order valence-corrected chi connectivity index (χ4v) is 6.69. The Labute approximate surface area is 294 Å². The number of carbonyl (C=O) groups is 3. The van der Waals surface area contributed by atoms with Crippen LogP contribution in [-0.4, -0.2) is 102 Å². The van der Waals surface area contributed by atoms with Gasteiger partial charge in [-0.15, -0.1) is 0 Å². The molecule has 10 heteroatoms. The van der Waals surface area contributed by atoms with Gasteiger partial charge in [-0.3, -0.25) is 9.59 Å². The topological polar surface area (TPSA) is 134 Å². The van der Waals surface area contributed by atoms with Crippen LogP contribution in [0.1, 0.15) is 84.6 Å². The number of carbonyl (C=O) groups excluding carboxylic acids is 3. The predicted octanol–water partition coefficient (Wildman–Crippen LogP) is 4.71. The summed E-state index contributed by atoms with van der Waals surface area (Å²) in [5, 5.41) is 33.5. The number of amides is 4. The molecule has 0 aromatic heterocycles. The molecule has 0 bridgehead atoms. The molecule has 1 aliphatic rings. The Morgan fingerprint density at radius 2 is 1.53 bits per heavy atom. The van der Waals surface area contributed by atoms with E-state index in [1.165, 1.54) is 6.42 Å². The molecule has 0 saturated heterocycles. The minimum Gasteiger partial charge on any atom is -0.390 e. The number of nitrogens with one attached hydrogen (secondary N) is 3. The van der Waals surface area contributed by atoms with Gasteiger partial charge in [0.05, 0.1) is 12.1 Å². The van der Waals surface area contributed by atoms with Crippen LogP contribution in [0, 0.1) is 17.8 Å². The molecule has 2 aromatic carbocycles. The van der Waals surface area contributed by atoms with Crippen molar-refractivity contribution in [2.24, 2.45) is 17.8 Å². The number of fused-ring (bicyclic) bond motifs is 1. The molecule has 10 nitrogen and oxygen atoms in total. The molecule has 3 rings (SSSR count). The van der Waals surface area contributed by atoms with Gasteiger partial charge in [-0.2, -0.15) is 0 Å². The van der Waals surface area contributed by atoms with E-state index < -0.39 is 36.2 Å². The molecule has 0 spiro atoms. The average Bonchev–Trinajstić information content (AvgIpc) is 3.08. The van der Waals surface area contributed by atoms with Gasteiger partial charge in [0.2, 0.25) is 11.8 Å². The number of aliphatic hydroxyl groups is 2. The molecule has 49 heavy (non-hydrogen) atoms. The van der Waals surface area contributed by atoms with E-state index in [9.17, 15) is 24.6 Å². The van der Waals surface area contributed by atoms with Crippen molar-refractivity contribution in [3.63, 3.8) is 0 Å². The maximum Gasteiger partial charge on any atom is 0.317 e. The number of benzene rings is 2. The zero-order valence-corrected chi connectivity index (χ0v) is 31.0. The van der Waals surface area contributed by atoms with E-state index in [1.807, 2.05) is 89.2 Å². The minimum atomic E-state index is -1.22. The van der Waals surface area contributed by atoms with Crippen molar-refractivity contribution in [1.82, 2.24) is 25.8 Å². The summed E-state index contributed by atoms with van der Waals surface area (Å²) in [6, 6.07) is 11.2. The van der Waals surface area contributed by atoms with Crippen LogP contribution in [-0.2, 0) is 16.0 Å². The van der Waals surface area contributed by atoms with Crippen LogP contribution in [0.4, 0.5) is 4.79 Å². The summed E-state index contributed by atoms with van der Waals surface area (Å²) >= 11 is 0. The van der Waals surface area contributed by atoms with Crippen LogP contribution in [0.25, 0.3) is 10.8 Å². The molecule has 0 aliphatic heterocycles. The van der Waals surface area contributed by atoms with Gasteiger partial charge in [0.15, 0.2) is 0 Å². The summed E-state index contributed by atoms with van der Waals surface area (Å²) in [7, 11) is 5.61. The standard InChI is InChI=1S/C39H63N5O5/c1-8-27(4)35(42-37(47)33(24-28-14-10-9-11-15-28)41-39(49)44(7)21-20-43(5)6)38(48)40-32(36(46)34(45)22-26(2)3)25-29-18-19-30-16-12-13-17-31(30)23-29/h12-13,16-19,23,26-28,32-36,45-46H,8-11,14-15,20-22,24-25H2,1-7H3,(H,40,48)(H,41,49)(H,42,47)/t27?,32-,33-,34-,35-,36+/m0/s1. The number of urea groups is 1. The first kappa shape index (κ1) is 40.2. The van der Waals surface area contributed by atoms with E-state index in [0.29, 0.717) is 44.7 Å². The Balaban J connectivity index is 1.84. The zero-order chi connectivity index (χ0) is 36.1. The molecule has 274 valence electrons. The minimum absolute atomic E-state index is 0.145. The lowest BCUT2D eigenvalue weighted by Crippen LogP contribution is -2.60. The number of rotatable bonds is 18. The van der Waals surface area contributed by atoms with Gasteiger partial charge in [-0.05, 0) is 67.4 Å². The molecule has 1 unspecified atom stereocenters. The van der Waals surface area contributed by atoms with Crippen LogP contribution in [0.3, 0.4) is 0 Å². The van der Waals surface area contributed by atoms with Crippen molar-refractivity contribution >= 4 is 28.6 Å². The Bertz CT molecular complexity index is 1330. The summed E-state index contributed by atoms with van der Waals surface area (Å²) in [5.74, 6) is -0.567. The highest BCUT2D eigenvalue weighted by molar-refractivity contribution is 5.92. The average molecular weight is 682 g/mol. The highest BCUT2D eigenvalue weighted by Gasteiger charge is 2.35. The van der Waals surface area contributed by atoms with Gasteiger partial charge in [0.25, 0.3) is 0 Å². The fraction of sp³-hybridized carbons (Fsp3) is 0.667. The summed E-state index contributed by atoms with van der Waals surface area (Å²) in [6.45, 7) is 9.03. The lowest BCUT2D eigenvalue weighted by Gasteiger charge is -2.33. The van der Waals surface area contributed by atoms with Crippen molar-refractivity contribution in [2.75, 3.05) is 34.2 Å². The summed E-state index contributed by atoms with van der Waals surface area (Å²) in [6.07, 6.45) is 4.98. The molecule has 1 fully saturated rings. The number of hydrogen-bond acceptors (Lipinski definition) is 6.